The Labute approximate surface area is 125 Å². The third kappa shape index (κ3) is 3.17. The molecule has 0 saturated carbocycles. The van der Waals surface area contributed by atoms with Crippen LogP contribution in [0.25, 0.3) is 0 Å². The highest BCUT2D eigenvalue weighted by Crippen LogP contribution is 2.27. The van der Waals surface area contributed by atoms with Crippen molar-refractivity contribution >= 4 is 21.6 Å². The van der Waals surface area contributed by atoms with E-state index in [2.05, 4.69) is 0 Å². The molecule has 112 valence electrons. The van der Waals surface area contributed by atoms with Gasteiger partial charge in [-0.25, -0.2) is 8.42 Å². The van der Waals surface area contributed by atoms with Crippen molar-refractivity contribution in [2.75, 3.05) is 13.1 Å². The van der Waals surface area contributed by atoms with Crippen LogP contribution >= 0.6 is 11.6 Å². The Morgan fingerprint density at radius 1 is 1.35 bits per heavy atom. The lowest BCUT2D eigenvalue weighted by molar-refractivity contribution is 0.0912. The Balaban J connectivity index is 2.17. The summed E-state index contributed by atoms with van der Waals surface area (Å²) in [7, 11) is -3.48. The lowest BCUT2D eigenvalue weighted by atomic mass is 9.93. The lowest BCUT2D eigenvalue weighted by Gasteiger charge is -2.32. The van der Waals surface area contributed by atoms with Crippen LogP contribution < -0.4 is 0 Å². The van der Waals surface area contributed by atoms with Gasteiger partial charge in [0.2, 0.25) is 10.0 Å². The molecule has 4 nitrogen and oxygen atoms in total. The molecule has 1 unspecified atom stereocenters. The summed E-state index contributed by atoms with van der Waals surface area (Å²) in [6, 6.07) is 4.82. The van der Waals surface area contributed by atoms with Crippen molar-refractivity contribution < 1.29 is 13.5 Å². The summed E-state index contributed by atoms with van der Waals surface area (Å²) in [6.45, 7) is 4.49. The normalized spacial score (nSPS) is 20.0. The van der Waals surface area contributed by atoms with Gasteiger partial charge < -0.3 is 5.11 Å². The van der Waals surface area contributed by atoms with E-state index in [9.17, 15) is 13.5 Å². The Morgan fingerprint density at radius 3 is 2.45 bits per heavy atom. The number of nitrogens with zero attached hydrogens (tertiary/aromatic N) is 1. The Morgan fingerprint density at radius 2 is 1.95 bits per heavy atom. The first-order valence-corrected chi connectivity index (χ1v) is 8.58. The van der Waals surface area contributed by atoms with Gasteiger partial charge in [0.15, 0.2) is 0 Å². The van der Waals surface area contributed by atoms with E-state index in [4.69, 9.17) is 11.6 Å². The largest absolute Gasteiger partial charge is 0.393 e. The van der Waals surface area contributed by atoms with Gasteiger partial charge in [-0.3, -0.25) is 0 Å². The molecule has 0 aromatic heterocycles. The Bertz CT molecular complexity index is 578. The van der Waals surface area contributed by atoms with Crippen LogP contribution in [0.15, 0.2) is 23.1 Å². The zero-order valence-electron chi connectivity index (χ0n) is 11.7. The quantitative estimate of drug-likeness (QED) is 0.931. The van der Waals surface area contributed by atoms with Crippen molar-refractivity contribution in [2.45, 2.75) is 37.7 Å². The highest BCUT2D eigenvalue weighted by molar-refractivity contribution is 7.89. The number of halogens is 1. The molecular weight excluding hydrogens is 298 g/mol. The monoisotopic (exact) mass is 317 g/mol. The fraction of sp³-hybridized carbons (Fsp3) is 0.571. The zero-order valence-corrected chi connectivity index (χ0v) is 13.3. The van der Waals surface area contributed by atoms with Gasteiger partial charge in [0.25, 0.3) is 0 Å². The standard InChI is InChI=1S/C14H20ClNO3S/c1-10-3-4-13(9-14(10)15)20(18,19)16-7-5-12(6-8-16)11(2)17/h3-4,9,11-12,17H,5-8H2,1-2H3. The summed E-state index contributed by atoms with van der Waals surface area (Å²) in [5.41, 5.74) is 0.860. The van der Waals surface area contributed by atoms with Crippen molar-refractivity contribution in [3.05, 3.63) is 28.8 Å². The minimum absolute atomic E-state index is 0.183. The predicted molar refractivity (Wildman–Crippen MR) is 79.4 cm³/mol. The number of hydrogen-bond acceptors (Lipinski definition) is 3. The second-order valence-electron chi connectivity index (χ2n) is 5.39. The molecule has 0 radical (unpaired) electrons. The van der Waals surface area contributed by atoms with Gasteiger partial charge in [0.1, 0.15) is 0 Å². The van der Waals surface area contributed by atoms with Crippen LogP contribution in [0.3, 0.4) is 0 Å². The molecule has 1 aromatic rings. The number of hydrogen-bond donors (Lipinski definition) is 1. The van der Waals surface area contributed by atoms with Crippen LogP contribution in [0.2, 0.25) is 5.02 Å². The number of piperidine rings is 1. The smallest absolute Gasteiger partial charge is 0.243 e. The van der Waals surface area contributed by atoms with E-state index in [-0.39, 0.29) is 16.9 Å². The fourth-order valence-corrected chi connectivity index (χ4v) is 4.22. The predicted octanol–water partition coefficient (Wildman–Crippen LogP) is 2.43. The number of rotatable bonds is 3. The first-order valence-electron chi connectivity index (χ1n) is 6.76. The highest BCUT2D eigenvalue weighted by atomic mass is 35.5. The first kappa shape index (κ1) is 15.8. The van der Waals surface area contributed by atoms with Gasteiger partial charge in [-0.05, 0) is 50.3 Å². The lowest BCUT2D eigenvalue weighted by Crippen LogP contribution is -2.40. The third-order valence-corrected chi connectivity index (χ3v) is 6.26. The first-order chi connectivity index (χ1) is 9.32. The van der Waals surface area contributed by atoms with Gasteiger partial charge in [-0.2, -0.15) is 4.31 Å². The summed E-state index contributed by atoms with van der Waals surface area (Å²) in [5.74, 6) is 0.183. The van der Waals surface area contributed by atoms with Crippen LogP contribution in [0.1, 0.15) is 25.3 Å². The molecule has 1 aliphatic rings. The van der Waals surface area contributed by atoms with E-state index in [1.165, 1.54) is 10.4 Å². The van der Waals surface area contributed by atoms with Crippen molar-refractivity contribution in [3.63, 3.8) is 0 Å². The van der Waals surface area contributed by atoms with E-state index >= 15 is 0 Å². The third-order valence-electron chi connectivity index (χ3n) is 3.96. The number of aryl methyl sites for hydroxylation is 1. The summed E-state index contributed by atoms with van der Waals surface area (Å²) in [6.07, 6.45) is 1.00. The molecule has 1 aromatic carbocycles. The van der Waals surface area contributed by atoms with Crippen molar-refractivity contribution in [2.24, 2.45) is 5.92 Å². The maximum atomic E-state index is 12.5. The molecule has 0 aliphatic carbocycles. The molecule has 0 bridgehead atoms. The minimum atomic E-state index is -3.48. The molecule has 0 spiro atoms. The number of aliphatic hydroxyl groups is 1. The van der Waals surface area contributed by atoms with Crippen LogP contribution in [0.5, 0.6) is 0 Å². The van der Waals surface area contributed by atoms with E-state index in [1.54, 1.807) is 19.1 Å². The summed E-state index contributed by atoms with van der Waals surface area (Å²) in [4.78, 5) is 0.239. The molecule has 1 aliphatic heterocycles. The SMILES string of the molecule is Cc1ccc(S(=O)(=O)N2CCC(C(C)O)CC2)cc1Cl. The Hall–Kier alpha value is -0.620. The Kier molecular flexibility index (Phi) is 4.74. The highest BCUT2D eigenvalue weighted by Gasteiger charge is 2.31. The summed E-state index contributed by atoms with van der Waals surface area (Å²) < 4.78 is 26.5. The average Bonchev–Trinajstić information content (AvgIpc) is 2.41. The maximum Gasteiger partial charge on any atom is 0.243 e. The van der Waals surface area contributed by atoms with Crippen LogP contribution in [0.4, 0.5) is 0 Å². The second-order valence-corrected chi connectivity index (χ2v) is 7.74. The van der Waals surface area contributed by atoms with Crippen LogP contribution in [-0.2, 0) is 10.0 Å². The van der Waals surface area contributed by atoms with Gasteiger partial charge in [-0.1, -0.05) is 17.7 Å². The van der Waals surface area contributed by atoms with Crippen LogP contribution in [0, 0.1) is 12.8 Å². The number of benzene rings is 1. The molecule has 1 saturated heterocycles. The zero-order chi connectivity index (χ0) is 14.9. The fourth-order valence-electron chi connectivity index (χ4n) is 2.48. The van der Waals surface area contributed by atoms with E-state index in [0.29, 0.717) is 31.0 Å². The minimum Gasteiger partial charge on any atom is -0.393 e. The van der Waals surface area contributed by atoms with Crippen molar-refractivity contribution in [1.29, 1.82) is 0 Å². The molecule has 6 heteroatoms. The van der Waals surface area contributed by atoms with E-state index in [0.717, 1.165) is 5.56 Å². The molecule has 1 heterocycles. The summed E-state index contributed by atoms with van der Waals surface area (Å²) >= 11 is 6.01. The molecule has 0 amide bonds. The number of sulfonamides is 1. The second kappa shape index (κ2) is 6.02. The van der Waals surface area contributed by atoms with E-state index in [1.807, 2.05) is 6.92 Å². The molecule has 1 atom stereocenters. The van der Waals surface area contributed by atoms with Gasteiger partial charge >= 0.3 is 0 Å². The molecule has 20 heavy (non-hydrogen) atoms. The average molecular weight is 318 g/mol. The van der Waals surface area contributed by atoms with Gasteiger partial charge in [0.05, 0.1) is 11.0 Å². The van der Waals surface area contributed by atoms with Crippen LogP contribution in [-0.4, -0.2) is 37.0 Å². The molecule has 1 N–H and O–H groups in total. The maximum absolute atomic E-state index is 12.5. The number of aliphatic hydroxyl groups excluding tert-OH is 1. The van der Waals surface area contributed by atoms with Gasteiger partial charge in [-0.15, -0.1) is 0 Å². The van der Waals surface area contributed by atoms with Crippen molar-refractivity contribution in [1.82, 2.24) is 4.31 Å². The summed E-state index contributed by atoms with van der Waals surface area (Å²) in [5, 5.41) is 10.0. The van der Waals surface area contributed by atoms with Gasteiger partial charge in [0, 0.05) is 18.1 Å². The molecule has 2 rings (SSSR count). The van der Waals surface area contributed by atoms with E-state index < -0.39 is 10.0 Å². The molecule has 1 fully saturated rings. The molecular formula is C14H20ClNO3S. The van der Waals surface area contributed by atoms with Crippen molar-refractivity contribution in [3.8, 4) is 0 Å². The topological polar surface area (TPSA) is 57.6 Å².